The lowest BCUT2D eigenvalue weighted by Gasteiger charge is -2.33. The summed E-state index contributed by atoms with van der Waals surface area (Å²) in [5, 5.41) is 10.6. The highest BCUT2D eigenvalue weighted by Gasteiger charge is 2.34. The Morgan fingerprint density at radius 2 is 1.67 bits per heavy atom. The van der Waals surface area contributed by atoms with Gasteiger partial charge in [-0.1, -0.05) is 54.6 Å². The van der Waals surface area contributed by atoms with Gasteiger partial charge in [0.1, 0.15) is 12.6 Å². The van der Waals surface area contributed by atoms with Crippen molar-refractivity contribution in [2.24, 2.45) is 0 Å². The van der Waals surface area contributed by atoms with Gasteiger partial charge in [-0.2, -0.15) is 0 Å². The summed E-state index contributed by atoms with van der Waals surface area (Å²) in [6.45, 7) is 1.54. The van der Waals surface area contributed by atoms with Crippen LogP contribution in [0.15, 0.2) is 54.6 Å². The number of hydrogen-bond donors (Lipinski definition) is 2. The molecule has 2 N–H and O–H groups in total. The first kappa shape index (κ1) is 24.3. The van der Waals surface area contributed by atoms with Gasteiger partial charge in [0.2, 0.25) is 0 Å². The Bertz CT molecular complexity index is 941. The molecule has 0 fully saturated rings. The van der Waals surface area contributed by atoms with Crippen LogP contribution in [0.4, 0.5) is 4.79 Å². The van der Waals surface area contributed by atoms with Crippen LogP contribution >= 0.6 is 0 Å². The topological polar surface area (TPSA) is 99.2 Å². The number of rotatable bonds is 10. The number of nitrogens with one attached hydrogen (secondary N) is 1. The van der Waals surface area contributed by atoms with Crippen molar-refractivity contribution < 1.29 is 24.2 Å². The molecular formula is C25H31N3O5. The highest BCUT2D eigenvalue weighted by atomic mass is 16.5. The van der Waals surface area contributed by atoms with Gasteiger partial charge in [0, 0.05) is 13.1 Å². The summed E-state index contributed by atoms with van der Waals surface area (Å²) in [5.41, 5.74) is 6.25. The molecule has 1 unspecified atom stereocenters. The van der Waals surface area contributed by atoms with E-state index < -0.39 is 30.6 Å². The molecule has 1 aliphatic rings. The summed E-state index contributed by atoms with van der Waals surface area (Å²) < 4.78 is 5.19. The molecule has 2 aromatic carbocycles. The molecule has 0 radical (unpaired) electrons. The van der Waals surface area contributed by atoms with Gasteiger partial charge in [0.05, 0.1) is 6.61 Å². The smallest absolute Gasteiger partial charge is 0.334 e. The average molecular weight is 454 g/mol. The van der Waals surface area contributed by atoms with Crippen LogP contribution in [0.1, 0.15) is 30.0 Å². The van der Waals surface area contributed by atoms with Crippen LogP contribution in [0, 0.1) is 0 Å². The monoisotopic (exact) mass is 453 g/mol. The van der Waals surface area contributed by atoms with Crippen LogP contribution in [0.2, 0.25) is 0 Å². The Labute approximate surface area is 194 Å². The number of esters is 1. The Hall–Kier alpha value is -3.39. The molecule has 8 nitrogen and oxygen atoms in total. The average Bonchev–Trinajstić information content (AvgIpc) is 3.24. The fourth-order valence-corrected chi connectivity index (χ4v) is 4.17. The van der Waals surface area contributed by atoms with E-state index in [4.69, 9.17) is 4.74 Å². The molecule has 3 rings (SSSR count). The van der Waals surface area contributed by atoms with Crippen LogP contribution in [-0.4, -0.2) is 65.3 Å². The molecule has 0 aliphatic heterocycles. The van der Waals surface area contributed by atoms with Crippen molar-refractivity contribution in [1.82, 2.24) is 15.3 Å². The first-order valence-electron chi connectivity index (χ1n) is 11.2. The number of nitrogens with zero attached hydrogens (tertiary/aromatic N) is 2. The number of carboxylic acids is 1. The Morgan fingerprint density at radius 3 is 2.24 bits per heavy atom. The maximum Gasteiger partial charge on any atom is 0.334 e. The van der Waals surface area contributed by atoms with E-state index >= 15 is 0 Å². The number of carboxylic acid groups (broad SMARTS) is 1. The molecule has 33 heavy (non-hydrogen) atoms. The minimum absolute atomic E-state index is 0.228. The molecule has 0 saturated carbocycles. The molecule has 2 amide bonds. The van der Waals surface area contributed by atoms with Crippen molar-refractivity contribution in [2.75, 3.05) is 20.2 Å². The molecule has 176 valence electrons. The number of benzene rings is 2. The number of fused-ring (bicyclic) bond motifs is 1. The van der Waals surface area contributed by atoms with Gasteiger partial charge in [-0.3, -0.25) is 14.6 Å². The lowest BCUT2D eigenvalue weighted by Crippen LogP contribution is -2.57. The molecule has 1 aliphatic carbocycles. The Kier molecular flexibility index (Phi) is 8.43. The number of hydrazine groups is 1. The molecule has 1 atom stereocenters. The normalized spacial score (nSPS) is 13.8. The van der Waals surface area contributed by atoms with Crippen molar-refractivity contribution in [3.63, 3.8) is 0 Å². The summed E-state index contributed by atoms with van der Waals surface area (Å²) in [4.78, 5) is 38.7. The third-order valence-corrected chi connectivity index (χ3v) is 5.79. The van der Waals surface area contributed by atoms with Gasteiger partial charge in [0.15, 0.2) is 0 Å². The van der Waals surface area contributed by atoms with Crippen molar-refractivity contribution in [3.8, 4) is 0 Å². The van der Waals surface area contributed by atoms with Gasteiger partial charge >= 0.3 is 18.0 Å². The largest absolute Gasteiger partial charge is 0.480 e. The van der Waals surface area contributed by atoms with Crippen LogP contribution in [0.3, 0.4) is 0 Å². The van der Waals surface area contributed by atoms with E-state index in [1.807, 2.05) is 54.6 Å². The third-order valence-electron chi connectivity index (χ3n) is 5.79. The summed E-state index contributed by atoms with van der Waals surface area (Å²) in [6, 6.07) is 16.1. The zero-order valence-electron chi connectivity index (χ0n) is 19.1. The lowest BCUT2D eigenvalue weighted by molar-refractivity contribution is -0.147. The molecule has 0 heterocycles. The van der Waals surface area contributed by atoms with Gasteiger partial charge in [-0.05, 0) is 49.3 Å². The Balaban J connectivity index is 1.70. The van der Waals surface area contributed by atoms with Gasteiger partial charge in [-0.25, -0.2) is 10.2 Å². The van der Waals surface area contributed by atoms with E-state index in [2.05, 4.69) is 5.43 Å². The number of carbonyl (C=O) groups excluding carboxylic acids is 2. The number of carbonyl (C=O) groups is 3. The van der Waals surface area contributed by atoms with Crippen molar-refractivity contribution in [1.29, 1.82) is 0 Å². The first-order valence-corrected chi connectivity index (χ1v) is 11.2. The van der Waals surface area contributed by atoms with Crippen LogP contribution in [0.25, 0.3) is 0 Å². The minimum atomic E-state index is -1.08. The number of aliphatic carboxylic acids is 1. The number of aryl methyl sites for hydroxylation is 1. The van der Waals surface area contributed by atoms with E-state index in [9.17, 15) is 19.5 Å². The van der Waals surface area contributed by atoms with E-state index in [0.29, 0.717) is 25.7 Å². The second-order valence-electron chi connectivity index (χ2n) is 8.15. The van der Waals surface area contributed by atoms with Crippen LogP contribution in [-0.2, 0) is 33.6 Å². The summed E-state index contributed by atoms with van der Waals surface area (Å²) in [7, 11) is 1.51. The maximum absolute atomic E-state index is 13.3. The van der Waals surface area contributed by atoms with Crippen LogP contribution < -0.4 is 5.43 Å². The quantitative estimate of drug-likeness (QED) is 0.424. The second kappa shape index (κ2) is 11.5. The fourth-order valence-electron chi connectivity index (χ4n) is 4.17. The summed E-state index contributed by atoms with van der Waals surface area (Å²) >= 11 is 0. The van der Waals surface area contributed by atoms with Gasteiger partial charge in [-0.15, -0.1) is 0 Å². The highest BCUT2D eigenvalue weighted by Crippen LogP contribution is 2.26. The fraction of sp³-hybridized carbons (Fsp3) is 0.400. The predicted octanol–water partition coefficient (Wildman–Crippen LogP) is 2.66. The first-order chi connectivity index (χ1) is 15.9. The second-order valence-corrected chi connectivity index (χ2v) is 8.15. The molecule has 0 aromatic heterocycles. The zero-order chi connectivity index (χ0) is 23.8. The molecule has 0 bridgehead atoms. The number of hydrogen-bond acceptors (Lipinski definition) is 5. The van der Waals surface area contributed by atoms with E-state index in [1.165, 1.54) is 17.0 Å². The van der Waals surface area contributed by atoms with Crippen LogP contribution in [0.5, 0.6) is 0 Å². The van der Waals surface area contributed by atoms with Gasteiger partial charge in [0.25, 0.3) is 0 Å². The molecule has 8 heteroatoms. The molecule has 2 aromatic rings. The third kappa shape index (κ3) is 6.55. The molecular weight excluding hydrogens is 422 g/mol. The summed E-state index contributed by atoms with van der Waals surface area (Å²) in [6.07, 6.45) is 2.24. The van der Waals surface area contributed by atoms with Crippen molar-refractivity contribution in [3.05, 3.63) is 71.3 Å². The molecule has 0 saturated heterocycles. The van der Waals surface area contributed by atoms with Crippen molar-refractivity contribution >= 4 is 18.0 Å². The zero-order valence-corrected chi connectivity index (χ0v) is 19.1. The van der Waals surface area contributed by atoms with Gasteiger partial charge < -0.3 is 14.7 Å². The van der Waals surface area contributed by atoms with Crippen molar-refractivity contribution in [2.45, 2.75) is 44.7 Å². The van der Waals surface area contributed by atoms with E-state index in [1.54, 1.807) is 6.92 Å². The summed E-state index contributed by atoms with van der Waals surface area (Å²) in [5.74, 6) is -1.54. The standard InChI is InChI=1S/C25H31N3O5/c1-3-33-24(31)22(14-13-18-9-5-4-6-10-18)26-27(2)25(32)28(17-23(29)30)21-15-19-11-7-8-12-20(19)16-21/h4-12,21-22,26H,3,13-17H2,1-2H3,(H,29,30). The number of ether oxygens (including phenoxy) is 1. The number of urea groups is 1. The predicted molar refractivity (Wildman–Crippen MR) is 123 cm³/mol. The number of amides is 2. The maximum atomic E-state index is 13.3. The van der Waals surface area contributed by atoms with E-state index in [-0.39, 0.29) is 12.6 Å². The lowest BCUT2D eigenvalue weighted by atomic mass is 10.1. The molecule has 0 spiro atoms. The Morgan fingerprint density at radius 1 is 1.06 bits per heavy atom. The SMILES string of the molecule is CCOC(=O)C(CCc1ccccc1)NN(C)C(=O)N(CC(=O)O)C1Cc2ccccc2C1. The highest BCUT2D eigenvalue weighted by molar-refractivity contribution is 5.81. The minimum Gasteiger partial charge on any atom is -0.480 e. The van der Waals surface area contributed by atoms with E-state index in [0.717, 1.165) is 16.7 Å².